The Bertz CT molecular complexity index is 1060. The number of phenolic OH excluding ortho intramolecular Hbond substituents is 1. The maximum Gasteiger partial charge on any atom is 0.235 e. The first-order chi connectivity index (χ1) is 16.4. The summed E-state index contributed by atoms with van der Waals surface area (Å²) in [5.41, 5.74) is 0.352. The molecule has 2 aromatic rings. The van der Waals surface area contributed by atoms with Crippen molar-refractivity contribution in [3.05, 3.63) is 35.9 Å². The maximum absolute atomic E-state index is 12.2. The van der Waals surface area contributed by atoms with E-state index in [1.54, 1.807) is 6.07 Å². The molecule has 2 fully saturated rings. The Morgan fingerprint density at radius 3 is 2.76 bits per heavy atom. The minimum absolute atomic E-state index is 0.0235. The number of piperidine rings is 2. The van der Waals surface area contributed by atoms with Gasteiger partial charge in [0.05, 0.1) is 18.2 Å². The lowest BCUT2D eigenvalue weighted by molar-refractivity contribution is -0.134. The van der Waals surface area contributed by atoms with E-state index >= 15 is 0 Å². The molecule has 0 aromatic heterocycles. The Hall–Kier alpha value is -2.97. The van der Waals surface area contributed by atoms with E-state index in [9.17, 15) is 14.7 Å². The molecular weight excluding hydrogens is 432 g/mol. The van der Waals surface area contributed by atoms with Crippen LogP contribution >= 0.6 is 0 Å². The minimum Gasteiger partial charge on any atom is -0.507 e. The van der Waals surface area contributed by atoms with Gasteiger partial charge in [-0.15, -0.1) is 0 Å². The van der Waals surface area contributed by atoms with Gasteiger partial charge in [0, 0.05) is 18.0 Å². The molecule has 5 N–H and O–H groups in total. The number of carbonyl (C=O) groups excluding carboxylic acids is 2. The summed E-state index contributed by atoms with van der Waals surface area (Å²) in [7, 11) is 0. The molecule has 2 aromatic carbocycles. The molecule has 2 heterocycles. The van der Waals surface area contributed by atoms with E-state index in [-0.39, 0.29) is 30.2 Å². The molecule has 2 amide bonds. The molecule has 4 rings (SSSR count). The summed E-state index contributed by atoms with van der Waals surface area (Å²) < 4.78 is 5.98. The molecule has 2 atom stereocenters. The topological polar surface area (TPSA) is 124 Å². The van der Waals surface area contributed by atoms with Crippen LogP contribution in [0.4, 0.5) is 0 Å². The smallest absolute Gasteiger partial charge is 0.235 e. The number of rotatable bonds is 9. The summed E-state index contributed by atoms with van der Waals surface area (Å²) in [5.74, 6) is -0.153. The molecule has 0 radical (unpaired) electrons. The zero-order valence-electron chi connectivity index (χ0n) is 19.7. The number of fused-ring (bicyclic) bond motifs is 1. The monoisotopic (exact) mass is 466 g/mol. The average molecular weight is 467 g/mol. The van der Waals surface area contributed by atoms with E-state index in [1.165, 1.54) is 18.9 Å². The number of phenols is 1. The van der Waals surface area contributed by atoms with Crippen LogP contribution in [0.5, 0.6) is 11.5 Å². The van der Waals surface area contributed by atoms with E-state index in [0.29, 0.717) is 23.6 Å². The fourth-order valence-electron chi connectivity index (χ4n) is 4.72. The number of aromatic hydroxyl groups is 1. The molecule has 34 heavy (non-hydrogen) atoms. The van der Waals surface area contributed by atoms with Gasteiger partial charge in [-0.2, -0.15) is 0 Å². The minimum atomic E-state index is -0.760. The van der Waals surface area contributed by atoms with E-state index < -0.39 is 11.8 Å². The first-order valence-corrected chi connectivity index (χ1v) is 12.2. The normalized spacial score (nSPS) is 20.2. The van der Waals surface area contributed by atoms with Crippen molar-refractivity contribution < 1.29 is 19.4 Å². The molecular formula is C26H34N4O4. The fraction of sp³-hybridized carbons (Fsp3) is 0.500. The summed E-state index contributed by atoms with van der Waals surface area (Å²) in [5, 5.41) is 29.9. The van der Waals surface area contributed by atoms with Crippen LogP contribution in [0.1, 0.15) is 44.6 Å². The molecule has 2 unspecified atom stereocenters. The quantitative estimate of drug-likeness (QED) is 0.286. The molecule has 2 aliphatic rings. The Labute approximate surface area is 200 Å². The lowest BCUT2D eigenvalue weighted by atomic mass is 9.86. The van der Waals surface area contributed by atoms with Crippen molar-refractivity contribution in [3.63, 3.8) is 0 Å². The zero-order chi connectivity index (χ0) is 24.1. The van der Waals surface area contributed by atoms with Gasteiger partial charge in [0.15, 0.2) is 0 Å². The highest BCUT2D eigenvalue weighted by Gasteiger charge is 2.32. The molecule has 2 saturated heterocycles. The van der Waals surface area contributed by atoms with Crippen LogP contribution in [0.3, 0.4) is 0 Å². The van der Waals surface area contributed by atoms with Crippen molar-refractivity contribution in [3.8, 4) is 11.5 Å². The lowest BCUT2D eigenvalue weighted by Crippen LogP contribution is -2.43. The molecule has 8 nitrogen and oxygen atoms in total. The summed E-state index contributed by atoms with van der Waals surface area (Å²) in [6.45, 7) is 6.03. The van der Waals surface area contributed by atoms with Crippen LogP contribution in [0.2, 0.25) is 0 Å². The van der Waals surface area contributed by atoms with Crippen molar-refractivity contribution in [1.82, 2.24) is 16.0 Å². The van der Waals surface area contributed by atoms with Gasteiger partial charge in [-0.3, -0.25) is 14.9 Å². The largest absolute Gasteiger partial charge is 0.507 e. The number of amides is 2. The molecule has 2 aliphatic heterocycles. The van der Waals surface area contributed by atoms with Crippen LogP contribution < -0.4 is 20.7 Å². The third-order valence-corrected chi connectivity index (χ3v) is 6.86. The Morgan fingerprint density at radius 2 is 2.00 bits per heavy atom. The predicted octanol–water partition coefficient (Wildman–Crippen LogP) is 2.71. The molecule has 0 saturated carbocycles. The van der Waals surface area contributed by atoms with Crippen LogP contribution in [-0.4, -0.2) is 54.9 Å². The number of ether oxygens (including phenoxy) is 1. The zero-order valence-corrected chi connectivity index (χ0v) is 19.7. The second-order valence-corrected chi connectivity index (χ2v) is 9.40. The predicted molar refractivity (Wildman–Crippen MR) is 131 cm³/mol. The van der Waals surface area contributed by atoms with Gasteiger partial charge < -0.3 is 25.9 Å². The summed E-state index contributed by atoms with van der Waals surface area (Å²) in [6.07, 6.45) is 3.81. The SMILES string of the molecule is CC(CCOc1ccc2c(C(=N)C3CCC(=O)NC3=O)c(O)ccc2c1)NCC1CCNCC1. The number of imide groups is 1. The summed E-state index contributed by atoms with van der Waals surface area (Å²) >= 11 is 0. The van der Waals surface area contributed by atoms with Gasteiger partial charge in [-0.25, -0.2) is 0 Å². The first kappa shape index (κ1) is 24.2. The van der Waals surface area contributed by atoms with Crippen molar-refractivity contribution in [1.29, 1.82) is 5.41 Å². The molecule has 182 valence electrons. The van der Waals surface area contributed by atoms with Crippen molar-refractivity contribution in [2.24, 2.45) is 11.8 Å². The van der Waals surface area contributed by atoms with E-state index in [0.717, 1.165) is 43.1 Å². The highest BCUT2D eigenvalue weighted by Crippen LogP contribution is 2.33. The lowest BCUT2D eigenvalue weighted by Gasteiger charge is -2.24. The Morgan fingerprint density at radius 1 is 1.21 bits per heavy atom. The summed E-state index contributed by atoms with van der Waals surface area (Å²) in [6, 6.07) is 9.22. The highest BCUT2D eigenvalue weighted by atomic mass is 16.5. The molecule has 8 heteroatoms. The first-order valence-electron chi connectivity index (χ1n) is 12.2. The Kier molecular flexibility index (Phi) is 7.80. The van der Waals surface area contributed by atoms with Crippen LogP contribution in [0.25, 0.3) is 10.8 Å². The number of hydrogen-bond acceptors (Lipinski definition) is 7. The fourth-order valence-corrected chi connectivity index (χ4v) is 4.72. The van der Waals surface area contributed by atoms with E-state index in [2.05, 4.69) is 22.9 Å². The van der Waals surface area contributed by atoms with Crippen LogP contribution in [0, 0.1) is 17.2 Å². The van der Waals surface area contributed by atoms with Crippen molar-refractivity contribution >= 4 is 28.3 Å². The molecule has 0 spiro atoms. The second kappa shape index (κ2) is 11.0. The van der Waals surface area contributed by atoms with Gasteiger partial charge in [0.2, 0.25) is 11.8 Å². The highest BCUT2D eigenvalue weighted by molar-refractivity contribution is 6.21. The van der Waals surface area contributed by atoms with Gasteiger partial charge >= 0.3 is 0 Å². The van der Waals surface area contributed by atoms with Crippen molar-refractivity contribution in [2.75, 3.05) is 26.2 Å². The van der Waals surface area contributed by atoms with Crippen molar-refractivity contribution in [2.45, 2.75) is 45.1 Å². The summed E-state index contributed by atoms with van der Waals surface area (Å²) in [4.78, 5) is 23.7. The van der Waals surface area contributed by atoms with E-state index in [4.69, 9.17) is 10.1 Å². The number of carbonyl (C=O) groups is 2. The van der Waals surface area contributed by atoms with Gasteiger partial charge in [0.25, 0.3) is 0 Å². The second-order valence-electron chi connectivity index (χ2n) is 9.40. The average Bonchev–Trinajstić information content (AvgIpc) is 2.83. The maximum atomic E-state index is 12.2. The van der Waals surface area contributed by atoms with Gasteiger partial charge in [0.1, 0.15) is 11.5 Å². The molecule has 0 bridgehead atoms. The van der Waals surface area contributed by atoms with E-state index in [1.807, 2.05) is 18.2 Å². The van der Waals surface area contributed by atoms with Gasteiger partial charge in [-0.05, 0) is 93.2 Å². The number of benzene rings is 2. The standard InChI is InChI=1S/C26H34N4O4/c1-16(29-15-17-8-11-28-12-9-17)10-13-34-19-3-4-20-18(14-19)2-6-22(31)24(20)25(27)21-5-7-23(32)30-26(21)33/h2-4,6,14,16-17,21,27-29,31H,5,7-13,15H2,1H3,(H,30,32,33). The Balaban J connectivity index is 1.37. The van der Waals surface area contributed by atoms with Crippen LogP contribution in [-0.2, 0) is 9.59 Å². The number of nitrogens with one attached hydrogen (secondary N) is 4. The third-order valence-electron chi connectivity index (χ3n) is 6.86. The van der Waals surface area contributed by atoms with Crippen LogP contribution in [0.15, 0.2) is 30.3 Å². The molecule has 0 aliphatic carbocycles. The number of hydrogen-bond donors (Lipinski definition) is 5. The van der Waals surface area contributed by atoms with Gasteiger partial charge in [-0.1, -0.05) is 6.07 Å². The third kappa shape index (κ3) is 5.74.